The van der Waals surface area contributed by atoms with Gasteiger partial charge >= 0.3 is 5.97 Å². The van der Waals surface area contributed by atoms with E-state index in [1.54, 1.807) is 24.4 Å². The second-order valence-electron chi connectivity index (χ2n) is 4.55. The van der Waals surface area contributed by atoms with E-state index in [4.69, 9.17) is 5.11 Å². The number of nitrogens with one attached hydrogen (secondary N) is 2. The van der Waals surface area contributed by atoms with Crippen molar-refractivity contribution in [2.24, 2.45) is 0 Å². The molecule has 3 N–H and O–H groups in total. The van der Waals surface area contributed by atoms with Crippen LogP contribution in [0.15, 0.2) is 54.7 Å². The highest BCUT2D eigenvalue weighted by Gasteiger charge is 2.15. The number of benzene rings is 2. The first-order valence-electron chi connectivity index (χ1n) is 6.36. The summed E-state index contributed by atoms with van der Waals surface area (Å²) in [4.78, 5) is 26.5. The van der Waals surface area contributed by atoms with Crippen molar-refractivity contribution in [3.63, 3.8) is 0 Å². The van der Waals surface area contributed by atoms with Crippen LogP contribution >= 0.6 is 0 Å². The van der Waals surface area contributed by atoms with Gasteiger partial charge in [-0.15, -0.1) is 0 Å². The van der Waals surface area contributed by atoms with Gasteiger partial charge in [-0.25, -0.2) is 4.79 Å². The molecule has 3 rings (SSSR count). The van der Waals surface area contributed by atoms with E-state index in [2.05, 4.69) is 10.3 Å². The van der Waals surface area contributed by atoms with Crippen molar-refractivity contribution in [1.82, 2.24) is 4.98 Å². The molecule has 0 atom stereocenters. The number of hydrogen-bond donors (Lipinski definition) is 3. The van der Waals surface area contributed by atoms with Crippen LogP contribution in [-0.4, -0.2) is 22.0 Å². The number of aromatic nitrogens is 1. The predicted octanol–water partition coefficient (Wildman–Crippen LogP) is 3.12. The van der Waals surface area contributed by atoms with E-state index in [1.807, 2.05) is 24.3 Å². The molecule has 0 aliphatic carbocycles. The summed E-state index contributed by atoms with van der Waals surface area (Å²) in [5.74, 6) is -1.43. The van der Waals surface area contributed by atoms with Gasteiger partial charge in [0.25, 0.3) is 5.91 Å². The number of amides is 1. The molecule has 3 aromatic rings. The standard InChI is InChI=1S/C16H12N2O3/c19-15(12-9-17-13-7-3-1-5-10(12)13)18-14-8-4-2-6-11(14)16(20)21/h1-9,17H,(H,18,19)(H,20,21). The first-order valence-corrected chi connectivity index (χ1v) is 6.36. The highest BCUT2D eigenvalue weighted by atomic mass is 16.4. The zero-order chi connectivity index (χ0) is 14.8. The van der Waals surface area contributed by atoms with Crippen molar-refractivity contribution in [1.29, 1.82) is 0 Å². The fraction of sp³-hybridized carbons (Fsp3) is 0. The molecule has 0 bridgehead atoms. The van der Waals surface area contributed by atoms with Gasteiger partial charge in [0.1, 0.15) is 0 Å². The molecule has 0 fully saturated rings. The van der Waals surface area contributed by atoms with Crippen LogP contribution in [0.25, 0.3) is 10.9 Å². The second kappa shape index (κ2) is 5.13. The van der Waals surface area contributed by atoms with Gasteiger partial charge in [0.05, 0.1) is 16.8 Å². The molecule has 1 aromatic heterocycles. The van der Waals surface area contributed by atoms with Crippen LogP contribution in [0, 0.1) is 0 Å². The average Bonchev–Trinajstić information content (AvgIpc) is 2.91. The molecule has 0 saturated carbocycles. The Labute approximate surface area is 120 Å². The minimum Gasteiger partial charge on any atom is -0.478 e. The molecule has 1 heterocycles. The van der Waals surface area contributed by atoms with Crippen molar-refractivity contribution in [3.8, 4) is 0 Å². The molecule has 21 heavy (non-hydrogen) atoms. The topological polar surface area (TPSA) is 82.2 Å². The fourth-order valence-corrected chi connectivity index (χ4v) is 2.23. The van der Waals surface area contributed by atoms with E-state index in [0.717, 1.165) is 10.9 Å². The van der Waals surface area contributed by atoms with Crippen molar-refractivity contribution in [3.05, 3.63) is 65.9 Å². The lowest BCUT2D eigenvalue weighted by molar-refractivity contribution is 0.0698. The van der Waals surface area contributed by atoms with Crippen molar-refractivity contribution < 1.29 is 14.7 Å². The third-order valence-corrected chi connectivity index (χ3v) is 3.24. The maximum atomic E-state index is 12.3. The van der Waals surface area contributed by atoms with E-state index < -0.39 is 5.97 Å². The number of H-pyrrole nitrogens is 1. The third kappa shape index (κ3) is 2.36. The van der Waals surface area contributed by atoms with Crippen molar-refractivity contribution >= 4 is 28.5 Å². The van der Waals surface area contributed by atoms with Gasteiger partial charge in [-0.2, -0.15) is 0 Å². The lowest BCUT2D eigenvalue weighted by atomic mass is 10.1. The van der Waals surface area contributed by atoms with Crippen LogP contribution in [0.2, 0.25) is 0 Å². The summed E-state index contributed by atoms with van der Waals surface area (Å²) in [5, 5.41) is 12.6. The molecule has 0 spiro atoms. The zero-order valence-electron chi connectivity index (χ0n) is 11.0. The maximum Gasteiger partial charge on any atom is 0.337 e. The zero-order valence-corrected chi connectivity index (χ0v) is 11.0. The Hall–Kier alpha value is -3.08. The summed E-state index contributed by atoms with van der Waals surface area (Å²) in [6, 6.07) is 13.7. The number of hydrogen-bond acceptors (Lipinski definition) is 2. The quantitative estimate of drug-likeness (QED) is 0.689. The highest BCUT2D eigenvalue weighted by Crippen LogP contribution is 2.21. The van der Waals surface area contributed by atoms with Crippen LogP contribution in [0.3, 0.4) is 0 Å². The predicted molar refractivity (Wildman–Crippen MR) is 79.7 cm³/mol. The van der Waals surface area contributed by atoms with E-state index in [9.17, 15) is 9.59 Å². The van der Waals surface area contributed by atoms with Crippen molar-refractivity contribution in [2.45, 2.75) is 0 Å². The molecule has 104 valence electrons. The van der Waals surface area contributed by atoms with Gasteiger partial charge in [0.2, 0.25) is 0 Å². The molecule has 0 aliphatic heterocycles. The molecule has 1 amide bonds. The van der Waals surface area contributed by atoms with E-state index >= 15 is 0 Å². The summed E-state index contributed by atoms with van der Waals surface area (Å²) in [5.41, 5.74) is 1.67. The second-order valence-corrected chi connectivity index (χ2v) is 4.55. The van der Waals surface area contributed by atoms with Crippen LogP contribution < -0.4 is 5.32 Å². The summed E-state index contributed by atoms with van der Waals surface area (Å²) in [6.45, 7) is 0. The van der Waals surface area contributed by atoms with Gasteiger partial charge in [0.15, 0.2) is 0 Å². The monoisotopic (exact) mass is 280 g/mol. The number of carbonyl (C=O) groups is 2. The number of fused-ring (bicyclic) bond motifs is 1. The third-order valence-electron chi connectivity index (χ3n) is 3.24. The molecular formula is C16H12N2O3. The number of aromatic carboxylic acids is 1. The molecule has 5 nitrogen and oxygen atoms in total. The van der Waals surface area contributed by atoms with E-state index in [0.29, 0.717) is 5.56 Å². The van der Waals surface area contributed by atoms with E-state index in [1.165, 1.54) is 6.07 Å². The van der Waals surface area contributed by atoms with Gasteiger partial charge in [-0.3, -0.25) is 4.79 Å². The normalized spacial score (nSPS) is 10.5. The lowest BCUT2D eigenvalue weighted by Gasteiger charge is -2.07. The Kier molecular flexibility index (Phi) is 3.16. The number of aromatic amines is 1. The Balaban J connectivity index is 1.96. The molecular weight excluding hydrogens is 268 g/mol. The van der Waals surface area contributed by atoms with Crippen molar-refractivity contribution in [2.75, 3.05) is 5.32 Å². The Morgan fingerprint density at radius 3 is 2.48 bits per heavy atom. The molecule has 2 aromatic carbocycles. The smallest absolute Gasteiger partial charge is 0.337 e. The molecule has 0 unspecified atom stereocenters. The number of carbonyl (C=O) groups excluding carboxylic acids is 1. The first kappa shape index (κ1) is 12.9. The summed E-state index contributed by atoms with van der Waals surface area (Å²) < 4.78 is 0. The van der Waals surface area contributed by atoms with Gasteiger partial charge in [-0.1, -0.05) is 30.3 Å². The average molecular weight is 280 g/mol. The molecule has 0 aliphatic rings. The lowest BCUT2D eigenvalue weighted by Crippen LogP contribution is -2.14. The van der Waals surface area contributed by atoms with Crippen LogP contribution in [0.5, 0.6) is 0 Å². The maximum absolute atomic E-state index is 12.3. The van der Waals surface area contributed by atoms with Crippen LogP contribution in [0.4, 0.5) is 5.69 Å². The first-order chi connectivity index (χ1) is 10.2. The fourth-order valence-electron chi connectivity index (χ4n) is 2.23. The Morgan fingerprint density at radius 1 is 0.952 bits per heavy atom. The highest BCUT2D eigenvalue weighted by molar-refractivity contribution is 6.14. The van der Waals surface area contributed by atoms with Gasteiger partial charge in [-0.05, 0) is 18.2 Å². The minimum absolute atomic E-state index is 0.0608. The SMILES string of the molecule is O=C(O)c1ccccc1NC(=O)c1c[nH]c2ccccc12. The Morgan fingerprint density at radius 2 is 1.67 bits per heavy atom. The summed E-state index contributed by atoms with van der Waals surface area (Å²) in [6.07, 6.45) is 1.61. The minimum atomic E-state index is -1.08. The van der Waals surface area contributed by atoms with E-state index in [-0.39, 0.29) is 17.2 Å². The summed E-state index contributed by atoms with van der Waals surface area (Å²) >= 11 is 0. The molecule has 5 heteroatoms. The molecule has 0 radical (unpaired) electrons. The number of anilines is 1. The van der Waals surface area contributed by atoms with Gasteiger partial charge < -0.3 is 15.4 Å². The number of carboxylic acid groups (broad SMARTS) is 1. The Bertz CT molecular complexity index is 836. The van der Waals surface area contributed by atoms with Crippen LogP contribution in [-0.2, 0) is 0 Å². The number of rotatable bonds is 3. The molecule has 0 saturated heterocycles. The summed E-state index contributed by atoms with van der Waals surface area (Å²) in [7, 11) is 0. The number of para-hydroxylation sites is 2. The van der Waals surface area contributed by atoms with Crippen LogP contribution in [0.1, 0.15) is 20.7 Å². The number of carboxylic acids is 1. The van der Waals surface area contributed by atoms with Gasteiger partial charge in [0, 0.05) is 17.1 Å². The largest absolute Gasteiger partial charge is 0.478 e.